The summed E-state index contributed by atoms with van der Waals surface area (Å²) in [6.07, 6.45) is 7.24. The summed E-state index contributed by atoms with van der Waals surface area (Å²) in [7, 11) is 0. The van der Waals surface area contributed by atoms with E-state index in [1.807, 2.05) is 57.7 Å². The predicted octanol–water partition coefficient (Wildman–Crippen LogP) is 5.44. The van der Waals surface area contributed by atoms with Crippen LogP contribution in [0.4, 0.5) is 0 Å². The van der Waals surface area contributed by atoms with Gasteiger partial charge >= 0.3 is 0 Å². The lowest BCUT2D eigenvalue weighted by Crippen LogP contribution is -2.26. The highest BCUT2D eigenvalue weighted by Gasteiger charge is 2.23. The van der Waals surface area contributed by atoms with Gasteiger partial charge in [-0.1, -0.05) is 43.0 Å². The second-order valence-electron chi connectivity index (χ2n) is 8.14. The molecule has 3 heterocycles. The molecule has 154 valence electrons. The molecule has 0 unspecified atom stereocenters. The molecule has 0 radical (unpaired) electrons. The minimum Gasteiger partial charge on any atom is -0.295 e. The van der Waals surface area contributed by atoms with Gasteiger partial charge < -0.3 is 0 Å². The zero-order chi connectivity index (χ0) is 20.9. The first-order chi connectivity index (χ1) is 15.2. The Morgan fingerprint density at radius 2 is 1.58 bits per heavy atom. The van der Waals surface area contributed by atoms with Crippen LogP contribution < -0.4 is 5.56 Å². The van der Waals surface area contributed by atoms with Crippen LogP contribution in [0.1, 0.15) is 38.1 Å². The number of aromatic nitrogens is 5. The fraction of sp³-hybridized carbons (Fsp3) is 0.250. The van der Waals surface area contributed by atoms with Crippen LogP contribution in [0.5, 0.6) is 0 Å². The molecule has 0 saturated heterocycles. The van der Waals surface area contributed by atoms with Gasteiger partial charge in [-0.3, -0.25) is 13.9 Å². The van der Waals surface area contributed by atoms with E-state index in [2.05, 4.69) is 0 Å². The van der Waals surface area contributed by atoms with Crippen molar-refractivity contribution in [2.24, 2.45) is 0 Å². The van der Waals surface area contributed by atoms with Crippen molar-refractivity contribution in [2.75, 3.05) is 0 Å². The molecule has 0 spiro atoms. The quantitative estimate of drug-likeness (QED) is 0.374. The van der Waals surface area contributed by atoms with Crippen LogP contribution in [0, 0.1) is 0 Å². The second kappa shape index (κ2) is 7.17. The van der Waals surface area contributed by atoms with Crippen LogP contribution in [0.25, 0.3) is 38.9 Å². The average molecular weight is 430 g/mol. The molecule has 5 aromatic rings. The third-order valence-corrected chi connectivity index (χ3v) is 6.49. The SMILES string of the molecule is O=c1c2c3nc4ccccc4nc3n(-c3ccc(Cl)cc3)c2ncn1C1CCCCC1. The Balaban J connectivity index is 1.72. The molecule has 7 heteroatoms. The van der Waals surface area contributed by atoms with E-state index in [0.29, 0.717) is 27.2 Å². The minimum atomic E-state index is -0.0424. The van der Waals surface area contributed by atoms with Crippen molar-refractivity contribution in [3.63, 3.8) is 0 Å². The van der Waals surface area contributed by atoms with E-state index >= 15 is 0 Å². The molecule has 6 rings (SSSR count). The average Bonchev–Trinajstić information content (AvgIpc) is 3.13. The maximum Gasteiger partial charge on any atom is 0.265 e. The van der Waals surface area contributed by atoms with Crippen molar-refractivity contribution in [1.29, 1.82) is 0 Å². The summed E-state index contributed by atoms with van der Waals surface area (Å²) < 4.78 is 3.72. The van der Waals surface area contributed by atoms with Crippen molar-refractivity contribution >= 4 is 44.8 Å². The monoisotopic (exact) mass is 429 g/mol. The topological polar surface area (TPSA) is 65.6 Å². The van der Waals surface area contributed by atoms with Gasteiger partial charge in [-0.2, -0.15) is 0 Å². The van der Waals surface area contributed by atoms with E-state index in [1.165, 1.54) is 6.42 Å². The Morgan fingerprint density at radius 3 is 2.32 bits per heavy atom. The largest absolute Gasteiger partial charge is 0.295 e. The van der Waals surface area contributed by atoms with Gasteiger partial charge in [-0.25, -0.2) is 15.0 Å². The predicted molar refractivity (Wildman–Crippen MR) is 123 cm³/mol. The fourth-order valence-corrected chi connectivity index (χ4v) is 4.83. The molecule has 1 saturated carbocycles. The number of nitrogens with zero attached hydrogens (tertiary/aromatic N) is 5. The lowest BCUT2D eigenvalue weighted by atomic mass is 9.95. The normalized spacial score (nSPS) is 15.3. The zero-order valence-electron chi connectivity index (χ0n) is 16.8. The number of hydrogen-bond donors (Lipinski definition) is 0. The number of para-hydroxylation sites is 2. The Kier molecular flexibility index (Phi) is 4.28. The van der Waals surface area contributed by atoms with Crippen molar-refractivity contribution < 1.29 is 0 Å². The lowest BCUT2D eigenvalue weighted by Gasteiger charge is -2.23. The first kappa shape index (κ1) is 18.5. The van der Waals surface area contributed by atoms with Gasteiger partial charge in [0.25, 0.3) is 5.56 Å². The van der Waals surface area contributed by atoms with Gasteiger partial charge in [-0.05, 0) is 49.2 Å². The third kappa shape index (κ3) is 2.93. The molecule has 0 aliphatic heterocycles. The molecule has 1 aliphatic carbocycles. The van der Waals surface area contributed by atoms with Crippen LogP contribution in [0.2, 0.25) is 5.02 Å². The van der Waals surface area contributed by atoms with E-state index in [4.69, 9.17) is 26.6 Å². The number of halogens is 1. The molecular formula is C24H20ClN5O. The van der Waals surface area contributed by atoms with Crippen molar-refractivity contribution in [3.8, 4) is 5.69 Å². The van der Waals surface area contributed by atoms with Crippen LogP contribution in [0.15, 0.2) is 59.7 Å². The Bertz CT molecular complexity index is 1500. The molecule has 1 aliphatic rings. The zero-order valence-corrected chi connectivity index (χ0v) is 17.6. The van der Waals surface area contributed by atoms with Gasteiger partial charge in [0.05, 0.1) is 11.0 Å². The highest BCUT2D eigenvalue weighted by Crippen LogP contribution is 2.31. The number of fused-ring (bicyclic) bond motifs is 4. The molecule has 1 fully saturated rings. The van der Waals surface area contributed by atoms with Gasteiger partial charge in [-0.15, -0.1) is 0 Å². The van der Waals surface area contributed by atoms with Crippen LogP contribution in [-0.4, -0.2) is 24.1 Å². The standard InChI is InChI=1S/C24H20ClN5O/c25-15-10-12-17(13-11-15)30-22-20(21-23(30)28-19-9-5-4-8-18(19)27-21)24(31)29(14-26-22)16-6-2-1-3-7-16/h4-5,8-14,16H,1-3,6-7H2. The molecular weight excluding hydrogens is 410 g/mol. The summed E-state index contributed by atoms with van der Waals surface area (Å²) >= 11 is 6.11. The summed E-state index contributed by atoms with van der Waals surface area (Å²) in [4.78, 5) is 28.2. The van der Waals surface area contributed by atoms with Crippen LogP contribution >= 0.6 is 11.6 Å². The molecule has 0 bridgehead atoms. The molecule has 3 aromatic heterocycles. The van der Waals surface area contributed by atoms with E-state index in [9.17, 15) is 4.79 Å². The number of hydrogen-bond acceptors (Lipinski definition) is 4. The van der Waals surface area contributed by atoms with Crippen molar-refractivity contribution in [2.45, 2.75) is 38.1 Å². The van der Waals surface area contributed by atoms with Crippen molar-refractivity contribution in [1.82, 2.24) is 24.1 Å². The second-order valence-corrected chi connectivity index (χ2v) is 8.58. The molecule has 0 N–H and O–H groups in total. The third-order valence-electron chi connectivity index (χ3n) is 6.24. The first-order valence-corrected chi connectivity index (χ1v) is 11.0. The molecule has 6 nitrogen and oxygen atoms in total. The molecule has 0 atom stereocenters. The summed E-state index contributed by atoms with van der Waals surface area (Å²) in [5, 5.41) is 1.17. The smallest absolute Gasteiger partial charge is 0.265 e. The molecule has 31 heavy (non-hydrogen) atoms. The highest BCUT2D eigenvalue weighted by atomic mass is 35.5. The maximum absolute atomic E-state index is 13.7. The highest BCUT2D eigenvalue weighted by molar-refractivity contribution is 6.30. The van der Waals surface area contributed by atoms with E-state index in [1.54, 1.807) is 6.33 Å². The van der Waals surface area contributed by atoms with Crippen molar-refractivity contribution in [3.05, 3.63) is 70.2 Å². The lowest BCUT2D eigenvalue weighted by molar-refractivity contribution is 0.345. The molecule has 0 amide bonds. The summed E-state index contributed by atoms with van der Waals surface area (Å²) in [6, 6.07) is 15.4. The summed E-state index contributed by atoms with van der Waals surface area (Å²) in [6.45, 7) is 0. The Hall–Kier alpha value is -3.25. The summed E-state index contributed by atoms with van der Waals surface area (Å²) in [5.41, 5.74) is 4.13. The maximum atomic E-state index is 13.7. The van der Waals surface area contributed by atoms with Gasteiger partial charge in [0.1, 0.15) is 17.2 Å². The first-order valence-electron chi connectivity index (χ1n) is 10.6. The number of benzene rings is 2. The van der Waals surface area contributed by atoms with E-state index in [0.717, 1.165) is 42.4 Å². The van der Waals surface area contributed by atoms with Crippen LogP contribution in [-0.2, 0) is 0 Å². The van der Waals surface area contributed by atoms with Gasteiger partial charge in [0.15, 0.2) is 11.3 Å². The van der Waals surface area contributed by atoms with E-state index in [-0.39, 0.29) is 11.6 Å². The van der Waals surface area contributed by atoms with Gasteiger partial charge in [0, 0.05) is 16.8 Å². The fourth-order valence-electron chi connectivity index (χ4n) is 4.70. The molecule has 2 aromatic carbocycles. The van der Waals surface area contributed by atoms with Crippen LogP contribution in [0.3, 0.4) is 0 Å². The van der Waals surface area contributed by atoms with E-state index < -0.39 is 0 Å². The Morgan fingerprint density at radius 1 is 0.871 bits per heavy atom. The summed E-state index contributed by atoms with van der Waals surface area (Å²) in [5.74, 6) is 0. The number of rotatable bonds is 2. The Labute approximate surface area is 183 Å². The van der Waals surface area contributed by atoms with Gasteiger partial charge in [0.2, 0.25) is 0 Å². The minimum absolute atomic E-state index is 0.0424.